The number of rotatable bonds is 5. The van der Waals surface area contributed by atoms with E-state index < -0.39 is 5.91 Å². The molecule has 0 aliphatic rings. The number of nitrogens with zero attached hydrogens (tertiary/aromatic N) is 3. The lowest BCUT2D eigenvalue weighted by molar-refractivity contribution is 0.100. The fraction of sp³-hybridized carbons (Fsp3) is 0. The van der Waals surface area contributed by atoms with Gasteiger partial charge in [0.15, 0.2) is 0 Å². The molecule has 0 atom stereocenters. The monoisotopic (exact) mass is 449 g/mol. The van der Waals surface area contributed by atoms with Gasteiger partial charge in [0.1, 0.15) is 28.6 Å². The van der Waals surface area contributed by atoms with Crippen LogP contribution in [-0.2, 0) is 0 Å². The van der Waals surface area contributed by atoms with Crippen molar-refractivity contribution in [3.63, 3.8) is 0 Å². The molecule has 2 aromatic heterocycles. The van der Waals surface area contributed by atoms with Gasteiger partial charge in [0.05, 0.1) is 10.2 Å². The van der Waals surface area contributed by atoms with Crippen molar-refractivity contribution < 1.29 is 9.53 Å². The Bertz CT molecular complexity index is 1170. The van der Waals surface area contributed by atoms with Crippen LogP contribution >= 0.6 is 15.9 Å². The summed E-state index contributed by atoms with van der Waals surface area (Å²) in [4.78, 5) is 16.1. The highest BCUT2D eigenvalue weighted by Gasteiger charge is 2.23. The molecule has 4 N–H and O–H groups in total. The maximum atomic E-state index is 12.1. The first-order valence-corrected chi connectivity index (χ1v) is 9.45. The summed E-state index contributed by atoms with van der Waals surface area (Å²) in [5.74, 6) is 0.890. The molecule has 4 rings (SSSR count). The molecule has 0 spiro atoms. The maximum absolute atomic E-state index is 12.1. The predicted molar refractivity (Wildman–Crippen MR) is 114 cm³/mol. The van der Waals surface area contributed by atoms with Crippen molar-refractivity contribution in [1.29, 1.82) is 0 Å². The van der Waals surface area contributed by atoms with Crippen molar-refractivity contribution >= 4 is 27.7 Å². The summed E-state index contributed by atoms with van der Waals surface area (Å²) in [5, 5.41) is 4.54. The number of pyridine rings is 1. The van der Waals surface area contributed by atoms with E-state index >= 15 is 0 Å². The fourth-order valence-electron chi connectivity index (χ4n) is 2.90. The number of carbonyl (C=O) groups excluding carboxylic acids is 1. The maximum Gasteiger partial charge on any atom is 0.254 e. The van der Waals surface area contributed by atoms with Crippen LogP contribution < -0.4 is 16.2 Å². The zero-order valence-electron chi connectivity index (χ0n) is 15.1. The minimum absolute atomic E-state index is 0.156. The number of hydrogen-bond acceptors (Lipinski definition) is 5. The van der Waals surface area contributed by atoms with Crippen LogP contribution in [0.2, 0.25) is 0 Å². The van der Waals surface area contributed by atoms with Crippen molar-refractivity contribution in [1.82, 2.24) is 14.8 Å². The average Bonchev–Trinajstić information content (AvgIpc) is 3.07. The van der Waals surface area contributed by atoms with Crippen LogP contribution in [0.5, 0.6) is 11.5 Å². The minimum atomic E-state index is -0.654. The molecule has 4 aromatic rings. The molecule has 8 heteroatoms. The van der Waals surface area contributed by atoms with E-state index in [1.54, 1.807) is 42.7 Å². The number of benzene rings is 2. The van der Waals surface area contributed by atoms with Crippen molar-refractivity contribution in [2.45, 2.75) is 0 Å². The SMILES string of the molecule is NC(=O)c1c(-c2ccc(Oc3ccccc3)cc2)nn(-c2ccncc2Br)c1N. The number of primary amides is 1. The van der Waals surface area contributed by atoms with E-state index in [0.717, 1.165) is 5.75 Å². The van der Waals surface area contributed by atoms with Gasteiger partial charge in [0.25, 0.3) is 5.91 Å². The number of carbonyl (C=O) groups is 1. The van der Waals surface area contributed by atoms with E-state index in [2.05, 4.69) is 26.0 Å². The second kappa shape index (κ2) is 7.76. The van der Waals surface area contributed by atoms with Gasteiger partial charge in [-0.25, -0.2) is 4.68 Å². The molecule has 0 aliphatic heterocycles. The van der Waals surface area contributed by atoms with E-state index in [-0.39, 0.29) is 11.4 Å². The molecule has 0 aliphatic carbocycles. The Morgan fingerprint density at radius 1 is 1.00 bits per heavy atom. The first-order valence-electron chi connectivity index (χ1n) is 8.66. The van der Waals surface area contributed by atoms with Crippen molar-refractivity contribution in [2.75, 3.05) is 5.73 Å². The van der Waals surface area contributed by atoms with Crippen LogP contribution in [0.3, 0.4) is 0 Å². The number of para-hydroxylation sites is 1. The van der Waals surface area contributed by atoms with Crippen molar-refractivity contribution in [3.05, 3.63) is 83.1 Å². The third-order valence-electron chi connectivity index (χ3n) is 4.25. The molecule has 0 fully saturated rings. The van der Waals surface area contributed by atoms with Crippen LogP contribution in [0.25, 0.3) is 16.9 Å². The molecule has 0 bridgehead atoms. The van der Waals surface area contributed by atoms with E-state index in [4.69, 9.17) is 16.2 Å². The van der Waals surface area contributed by atoms with Gasteiger partial charge >= 0.3 is 0 Å². The first kappa shape index (κ1) is 18.7. The lowest BCUT2D eigenvalue weighted by atomic mass is 10.1. The fourth-order valence-corrected chi connectivity index (χ4v) is 3.32. The van der Waals surface area contributed by atoms with Crippen LogP contribution in [0.15, 0.2) is 77.5 Å². The Hall–Kier alpha value is -3.65. The van der Waals surface area contributed by atoms with Crippen LogP contribution in [0.1, 0.15) is 10.4 Å². The van der Waals surface area contributed by atoms with Crippen molar-refractivity contribution in [2.24, 2.45) is 5.73 Å². The average molecular weight is 450 g/mol. The summed E-state index contributed by atoms with van der Waals surface area (Å²) in [6, 6.07) is 18.4. The first-order chi connectivity index (χ1) is 14.0. The van der Waals surface area contributed by atoms with E-state index in [1.807, 2.05) is 30.3 Å². The molecule has 144 valence electrons. The Morgan fingerprint density at radius 2 is 1.69 bits per heavy atom. The standard InChI is InChI=1S/C21H16BrN5O2/c22-16-12-25-11-10-17(16)27-20(23)18(21(24)28)19(26-27)13-6-8-15(9-7-13)29-14-4-2-1-3-5-14/h1-12H,23H2,(H2,24,28). The number of ether oxygens (including phenoxy) is 1. The molecule has 2 aromatic carbocycles. The normalized spacial score (nSPS) is 10.7. The van der Waals surface area contributed by atoms with E-state index in [0.29, 0.717) is 27.2 Å². The molecule has 0 unspecified atom stereocenters. The van der Waals surface area contributed by atoms with Gasteiger partial charge < -0.3 is 16.2 Å². The lowest BCUT2D eigenvalue weighted by Crippen LogP contribution is -2.14. The summed E-state index contributed by atoms with van der Waals surface area (Å²) in [7, 11) is 0. The summed E-state index contributed by atoms with van der Waals surface area (Å²) < 4.78 is 7.96. The number of nitrogen functional groups attached to an aromatic ring is 1. The minimum Gasteiger partial charge on any atom is -0.457 e. The Labute approximate surface area is 175 Å². The van der Waals surface area contributed by atoms with Crippen LogP contribution in [-0.4, -0.2) is 20.7 Å². The number of halogens is 1. The van der Waals surface area contributed by atoms with Gasteiger partial charge in [-0.1, -0.05) is 18.2 Å². The topological polar surface area (TPSA) is 109 Å². The Kier molecular flexibility index (Phi) is 5.01. The molecule has 0 saturated carbocycles. The number of amides is 1. The van der Waals surface area contributed by atoms with E-state index in [9.17, 15) is 4.79 Å². The van der Waals surface area contributed by atoms with Gasteiger partial charge in [-0.3, -0.25) is 9.78 Å². The summed E-state index contributed by atoms with van der Waals surface area (Å²) in [5.41, 5.74) is 13.7. The highest BCUT2D eigenvalue weighted by atomic mass is 79.9. The van der Waals surface area contributed by atoms with Crippen LogP contribution in [0, 0.1) is 0 Å². The Morgan fingerprint density at radius 3 is 2.34 bits per heavy atom. The Balaban J connectivity index is 1.74. The smallest absolute Gasteiger partial charge is 0.254 e. The lowest BCUT2D eigenvalue weighted by Gasteiger charge is -2.06. The highest BCUT2D eigenvalue weighted by Crippen LogP contribution is 2.32. The van der Waals surface area contributed by atoms with Gasteiger partial charge in [-0.15, -0.1) is 0 Å². The zero-order chi connectivity index (χ0) is 20.4. The highest BCUT2D eigenvalue weighted by molar-refractivity contribution is 9.10. The summed E-state index contributed by atoms with van der Waals surface area (Å²) in [6.45, 7) is 0. The predicted octanol–water partition coefficient (Wildman–Crippen LogP) is 4.17. The van der Waals surface area contributed by atoms with Crippen LogP contribution in [0.4, 0.5) is 5.82 Å². The molecular formula is C21H16BrN5O2. The molecule has 2 heterocycles. The molecule has 0 saturated heterocycles. The largest absolute Gasteiger partial charge is 0.457 e. The second-order valence-electron chi connectivity index (χ2n) is 6.15. The second-order valence-corrected chi connectivity index (χ2v) is 7.01. The molecular weight excluding hydrogens is 434 g/mol. The molecule has 7 nitrogen and oxygen atoms in total. The number of aromatic nitrogens is 3. The molecule has 29 heavy (non-hydrogen) atoms. The third-order valence-corrected chi connectivity index (χ3v) is 4.86. The van der Waals surface area contributed by atoms with Gasteiger partial charge in [-0.2, -0.15) is 5.10 Å². The molecule has 0 radical (unpaired) electrons. The summed E-state index contributed by atoms with van der Waals surface area (Å²) in [6.07, 6.45) is 3.23. The zero-order valence-corrected chi connectivity index (χ0v) is 16.7. The van der Waals surface area contributed by atoms with Gasteiger partial charge in [-0.05, 0) is 58.4 Å². The number of nitrogens with two attached hydrogens (primary N) is 2. The summed E-state index contributed by atoms with van der Waals surface area (Å²) >= 11 is 3.42. The quantitative estimate of drug-likeness (QED) is 0.475. The number of anilines is 1. The van der Waals surface area contributed by atoms with Gasteiger partial charge in [0, 0.05) is 18.0 Å². The third kappa shape index (κ3) is 3.70. The van der Waals surface area contributed by atoms with Crippen molar-refractivity contribution in [3.8, 4) is 28.4 Å². The number of hydrogen-bond donors (Lipinski definition) is 2. The van der Waals surface area contributed by atoms with Gasteiger partial charge in [0.2, 0.25) is 0 Å². The van der Waals surface area contributed by atoms with E-state index in [1.165, 1.54) is 4.68 Å². The molecule has 1 amide bonds.